The lowest BCUT2D eigenvalue weighted by Crippen LogP contribution is -2.41. The predicted octanol–water partition coefficient (Wildman–Crippen LogP) is 3.55. The maximum absolute atomic E-state index is 11.0. The van der Waals surface area contributed by atoms with Crippen molar-refractivity contribution in [3.05, 3.63) is 34.9 Å². The van der Waals surface area contributed by atoms with E-state index in [4.69, 9.17) is 19.2 Å². The Hall–Kier alpha value is -1.61. The van der Waals surface area contributed by atoms with Crippen LogP contribution < -0.4 is 14.5 Å². The summed E-state index contributed by atoms with van der Waals surface area (Å²) >= 11 is 0. The predicted molar refractivity (Wildman–Crippen MR) is 113 cm³/mol. The minimum Gasteiger partial charge on any atom is -0.487 e. The summed E-state index contributed by atoms with van der Waals surface area (Å²) in [6, 6.07) is 3.74. The van der Waals surface area contributed by atoms with Gasteiger partial charge in [-0.25, -0.2) is 0 Å². The lowest BCUT2D eigenvalue weighted by Gasteiger charge is -2.50. The van der Waals surface area contributed by atoms with Gasteiger partial charge in [-0.3, -0.25) is 4.55 Å². The molecule has 8 heteroatoms. The van der Waals surface area contributed by atoms with Crippen molar-refractivity contribution in [1.82, 2.24) is 4.89 Å². The van der Waals surface area contributed by atoms with Crippen LogP contribution in [0.3, 0.4) is 0 Å². The van der Waals surface area contributed by atoms with Gasteiger partial charge >= 0.3 is 10.3 Å². The monoisotopic (exact) mass is 437 g/mol. The third-order valence-electron chi connectivity index (χ3n) is 7.52. The first kappa shape index (κ1) is 21.6. The van der Waals surface area contributed by atoms with E-state index in [-0.39, 0.29) is 19.0 Å². The fourth-order valence-electron chi connectivity index (χ4n) is 6.23. The molecule has 4 rings (SSSR count). The zero-order valence-corrected chi connectivity index (χ0v) is 18.4. The van der Waals surface area contributed by atoms with Crippen LogP contribution in [0.25, 0.3) is 0 Å². The smallest absolute Gasteiger partial charge is 0.364 e. The summed E-state index contributed by atoms with van der Waals surface area (Å²) in [7, 11) is -4.51. The molecule has 0 bridgehead atoms. The number of rotatable bonds is 7. The van der Waals surface area contributed by atoms with Crippen LogP contribution in [0, 0.1) is 17.3 Å². The first-order chi connectivity index (χ1) is 14.3. The number of aryl methyl sites for hydroxylation is 1. The van der Waals surface area contributed by atoms with Crippen LogP contribution in [-0.4, -0.2) is 31.3 Å². The molecule has 1 fully saturated rings. The molecule has 0 amide bonds. The van der Waals surface area contributed by atoms with Gasteiger partial charge in [0.25, 0.3) is 0 Å². The second-order valence-corrected chi connectivity index (χ2v) is 10.0. The summed E-state index contributed by atoms with van der Waals surface area (Å²) in [5, 5.41) is 9.16. The highest BCUT2D eigenvalue weighted by Crippen LogP contribution is 2.62. The molecule has 0 aromatic heterocycles. The van der Waals surface area contributed by atoms with Gasteiger partial charge in [-0.2, -0.15) is 8.42 Å². The maximum atomic E-state index is 11.0. The van der Waals surface area contributed by atoms with Crippen LogP contribution in [0.4, 0.5) is 0 Å². The van der Waals surface area contributed by atoms with Crippen molar-refractivity contribution in [1.29, 1.82) is 0 Å². The lowest BCUT2D eigenvalue weighted by molar-refractivity contribution is 0.0733. The molecule has 3 aliphatic carbocycles. The van der Waals surface area contributed by atoms with Crippen LogP contribution in [0.2, 0.25) is 0 Å². The average Bonchev–Trinajstić information content (AvgIpc) is 3.05. The highest BCUT2D eigenvalue weighted by Gasteiger charge is 2.51. The van der Waals surface area contributed by atoms with Gasteiger partial charge in [-0.15, -0.1) is 0 Å². The number of nitrogens with one attached hydrogen (secondary N) is 1. The third-order valence-corrected chi connectivity index (χ3v) is 7.81. The Morgan fingerprint density at radius 1 is 1.27 bits per heavy atom. The van der Waals surface area contributed by atoms with E-state index in [1.807, 2.05) is 6.07 Å². The number of fused-ring (bicyclic) bond motifs is 5. The first-order valence-corrected chi connectivity index (χ1v) is 12.2. The summed E-state index contributed by atoms with van der Waals surface area (Å²) in [5.41, 5.74) is 4.30. The molecule has 166 valence electrons. The van der Waals surface area contributed by atoms with Gasteiger partial charge in [0.2, 0.25) is 0 Å². The van der Waals surface area contributed by atoms with Crippen molar-refractivity contribution in [3.8, 4) is 11.5 Å². The van der Waals surface area contributed by atoms with Crippen molar-refractivity contribution in [2.45, 2.75) is 58.3 Å². The Bertz CT molecular complexity index is 943. The largest absolute Gasteiger partial charge is 0.487 e. The first-order valence-electron chi connectivity index (χ1n) is 10.8. The second kappa shape index (κ2) is 8.15. The molecule has 0 radical (unpaired) electrons. The van der Waals surface area contributed by atoms with Crippen molar-refractivity contribution in [2.75, 3.05) is 13.2 Å². The van der Waals surface area contributed by atoms with Gasteiger partial charge < -0.3 is 14.7 Å². The topological polar surface area (TPSA) is 105 Å². The van der Waals surface area contributed by atoms with E-state index >= 15 is 0 Å². The molecule has 0 spiro atoms. The normalized spacial score (nSPS) is 30.1. The van der Waals surface area contributed by atoms with Crippen molar-refractivity contribution < 1.29 is 27.7 Å². The molecule has 1 aromatic carbocycles. The van der Waals surface area contributed by atoms with Gasteiger partial charge in [-0.1, -0.05) is 25.5 Å². The minimum absolute atomic E-state index is 0.0690. The second-order valence-electron chi connectivity index (χ2n) is 8.92. The zero-order valence-electron chi connectivity index (χ0n) is 17.6. The van der Waals surface area contributed by atoms with Gasteiger partial charge in [-0.05, 0) is 89.8 Å². The SMILES string of the molecule is CCC1=CC[C@H]2[C@@H]3CCc4cc(ONS(=O)(=O)O)c(OCCO)cc4[C@H]3CC[C@]12C. The fourth-order valence-corrected chi connectivity index (χ4v) is 6.42. The Labute approximate surface area is 178 Å². The summed E-state index contributed by atoms with van der Waals surface area (Å²) < 4.78 is 36.6. The quantitative estimate of drug-likeness (QED) is 0.342. The molecule has 1 aromatic rings. The molecule has 3 N–H and O–H groups in total. The average molecular weight is 438 g/mol. The number of benzene rings is 1. The van der Waals surface area contributed by atoms with E-state index in [0.717, 1.165) is 37.7 Å². The standard InChI is InChI=1S/C22H31NO6S/c1-3-15-5-7-19-17-6-4-14-12-21(29-23-30(25,26)27)20(28-11-10-24)13-18(14)16(17)8-9-22(15,19)2/h5,12-13,16-17,19,23-24H,3-4,6-11H2,1-2H3,(H,25,26,27)/t16-,17+,19-,22+/m0/s1. The summed E-state index contributed by atoms with van der Waals surface area (Å²) in [4.78, 5) is 6.75. The Balaban J connectivity index is 1.64. The number of aliphatic hydroxyl groups is 1. The molecular formula is C22H31NO6S. The van der Waals surface area contributed by atoms with Crippen molar-refractivity contribution in [2.24, 2.45) is 17.3 Å². The van der Waals surface area contributed by atoms with Gasteiger partial charge in [0.15, 0.2) is 11.5 Å². The molecule has 1 saturated carbocycles. The van der Waals surface area contributed by atoms with Gasteiger partial charge in [0.1, 0.15) is 6.61 Å². The maximum Gasteiger partial charge on any atom is 0.364 e. The zero-order chi connectivity index (χ0) is 21.5. The van der Waals surface area contributed by atoms with E-state index in [1.54, 1.807) is 16.5 Å². The molecular weight excluding hydrogens is 406 g/mol. The van der Waals surface area contributed by atoms with Crippen LogP contribution in [0.5, 0.6) is 11.5 Å². The summed E-state index contributed by atoms with van der Waals surface area (Å²) in [6.45, 7) is 4.61. The van der Waals surface area contributed by atoms with E-state index < -0.39 is 10.3 Å². The molecule has 0 saturated heterocycles. The molecule has 30 heavy (non-hydrogen) atoms. The number of ether oxygens (including phenoxy) is 1. The van der Waals surface area contributed by atoms with E-state index in [1.165, 1.54) is 12.0 Å². The molecule has 0 heterocycles. The molecule has 4 atom stereocenters. The minimum atomic E-state index is -4.51. The third kappa shape index (κ3) is 3.86. The Morgan fingerprint density at radius 2 is 2.07 bits per heavy atom. The summed E-state index contributed by atoms with van der Waals surface area (Å²) in [5.74, 6) is 2.28. The van der Waals surface area contributed by atoms with E-state index in [9.17, 15) is 8.42 Å². The summed E-state index contributed by atoms with van der Waals surface area (Å²) in [6.07, 6.45) is 9.04. The van der Waals surface area contributed by atoms with E-state index in [2.05, 4.69) is 19.9 Å². The number of hydrogen-bond donors (Lipinski definition) is 3. The Morgan fingerprint density at radius 3 is 2.77 bits per heavy atom. The fraction of sp³-hybridized carbons (Fsp3) is 0.636. The molecule has 0 aliphatic heterocycles. The van der Waals surface area contributed by atoms with Crippen LogP contribution in [0.15, 0.2) is 23.8 Å². The molecule has 7 nitrogen and oxygen atoms in total. The van der Waals surface area contributed by atoms with Gasteiger partial charge in [0.05, 0.1) is 6.61 Å². The van der Waals surface area contributed by atoms with Crippen LogP contribution in [-0.2, 0) is 16.7 Å². The van der Waals surface area contributed by atoms with Crippen molar-refractivity contribution in [3.63, 3.8) is 0 Å². The van der Waals surface area contributed by atoms with Crippen molar-refractivity contribution >= 4 is 10.3 Å². The van der Waals surface area contributed by atoms with E-state index in [0.29, 0.717) is 28.9 Å². The number of hydrogen-bond acceptors (Lipinski definition) is 5. The molecule has 0 unspecified atom stereocenters. The Kier molecular flexibility index (Phi) is 5.87. The van der Waals surface area contributed by atoms with Crippen LogP contribution in [0.1, 0.15) is 63.0 Å². The molecule has 3 aliphatic rings. The lowest BCUT2D eigenvalue weighted by atomic mass is 9.54. The highest BCUT2D eigenvalue weighted by molar-refractivity contribution is 7.83. The number of allylic oxidation sites excluding steroid dienone is 2. The van der Waals surface area contributed by atoms with Crippen LogP contribution >= 0.6 is 0 Å². The van der Waals surface area contributed by atoms with Gasteiger partial charge in [0, 0.05) is 0 Å². The highest BCUT2D eigenvalue weighted by atomic mass is 32.2. The number of aliphatic hydroxyl groups excluding tert-OH is 1.